The Hall–Kier alpha value is 0.360. The molecule has 1 aromatic rings. The summed E-state index contributed by atoms with van der Waals surface area (Å²) in [4.78, 5) is 0. The van der Waals surface area contributed by atoms with Crippen LogP contribution in [-0.4, -0.2) is 30.3 Å². The number of thiophene rings is 1. The average Bonchev–Trinajstić information content (AvgIpc) is 2.80. The summed E-state index contributed by atoms with van der Waals surface area (Å²) in [6.07, 6.45) is 1.30. The maximum Gasteiger partial charge on any atom is 0.0193 e. The molecule has 1 nitrogen and oxygen atoms in total. The van der Waals surface area contributed by atoms with Gasteiger partial charge in [-0.15, -0.1) is 0 Å². The van der Waals surface area contributed by atoms with Crippen LogP contribution in [0.1, 0.15) is 18.9 Å². The summed E-state index contributed by atoms with van der Waals surface area (Å²) in [6.45, 7) is 4.54. The van der Waals surface area contributed by atoms with E-state index in [9.17, 15) is 0 Å². The monoisotopic (exact) mass is 275 g/mol. The summed E-state index contributed by atoms with van der Waals surface area (Å²) >= 11 is 5.84. The molecule has 4 heteroatoms. The van der Waals surface area contributed by atoms with Gasteiger partial charge in [0.25, 0.3) is 0 Å². The van der Waals surface area contributed by atoms with E-state index in [-0.39, 0.29) is 0 Å². The first-order chi connectivity index (χ1) is 7.93. The van der Waals surface area contributed by atoms with E-state index in [1.807, 2.05) is 23.5 Å². The van der Waals surface area contributed by atoms with Crippen LogP contribution in [0.4, 0.5) is 0 Å². The molecule has 16 heavy (non-hydrogen) atoms. The first-order valence-corrected chi connectivity index (χ1v) is 9.06. The summed E-state index contributed by atoms with van der Waals surface area (Å²) in [6, 6.07) is 2.22. The maximum absolute atomic E-state index is 3.49. The fourth-order valence-corrected chi connectivity index (χ4v) is 3.54. The Morgan fingerprint density at radius 3 is 2.94 bits per heavy atom. The Balaban J connectivity index is 1.78. The van der Waals surface area contributed by atoms with E-state index in [1.54, 1.807) is 11.3 Å². The van der Waals surface area contributed by atoms with Crippen molar-refractivity contribution in [2.75, 3.05) is 30.3 Å². The van der Waals surface area contributed by atoms with Crippen LogP contribution < -0.4 is 5.32 Å². The van der Waals surface area contributed by atoms with Crippen LogP contribution in [-0.2, 0) is 5.75 Å². The molecule has 0 saturated carbocycles. The smallest absolute Gasteiger partial charge is 0.0193 e. The van der Waals surface area contributed by atoms with Crippen molar-refractivity contribution in [1.29, 1.82) is 0 Å². The van der Waals surface area contributed by atoms with Crippen molar-refractivity contribution in [3.05, 3.63) is 22.4 Å². The molecular weight excluding hydrogens is 254 g/mol. The molecule has 1 rings (SSSR count). The third-order valence-corrected chi connectivity index (χ3v) is 4.87. The molecule has 92 valence electrons. The molecule has 0 unspecified atom stereocenters. The lowest BCUT2D eigenvalue weighted by Gasteiger charge is -2.03. The van der Waals surface area contributed by atoms with Crippen molar-refractivity contribution in [2.24, 2.45) is 0 Å². The third-order valence-electron chi connectivity index (χ3n) is 2.12. The van der Waals surface area contributed by atoms with Crippen LogP contribution in [0.15, 0.2) is 16.8 Å². The van der Waals surface area contributed by atoms with Gasteiger partial charge in [0.2, 0.25) is 0 Å². The standard InChI is InChI=1S/C12H21NS3/c1-2-14-7-3-5-13-6-9-16-11-12-4-8-15-10-12/h4,8,10,13H,2-3,5-7,9,11H2,1H3. The molecule has 0 aromatic carbocycles. The third kappa shape index (κ3) is 7.60. The molecule has 1 aromatic heterocycles. The van der Waals surface area contributed by atoms with E-state index in [1.165, 1.54) is 35.8 Å². The number of nitrogens with one attached hydrogen (secondary N) is 1. The second-order valence-electron chi connectivity index (χ2n) is 3.48. The van der Waals surface area contributed by atoms with Crippen LogP contribution in [0.25, 0.3) is 0 Å². The van der Waals surface area contributed by atoms with Gasteiger partial charge in [-0.3, -0.25) is 0 Å². The topological polar surface area (TPSA) is 12.0 Å². The molecule has 0 fully saturated rings. The second kappa shape index (κ2) is 10.5. The Bertz CT molecular complexity index is 236. The van der Waals surface area contributed by atoms with E-state index < -0.39 is 0 Å². The van der Waals surface area contributed by atoms with Gasteiger partial charge in [-0.25, -0.2) is 0 Å². The molecule has 0 aliphatic carbocycles. The van der Waals surface area contributed by atoms with Crippen LogP contribution in [0.2, 0.25) is 0 Å². The highest BCUT2D eigenvalue weighted by atomic mass is 32.2. The molecule has 0 aliphatic rings. The normalized spacial score (nSPS) is 10.8. The van der Waals surface area contributed by atoms with Crippen LogP contribution in [0, 0.1) is 0 Å². The Labute approximate surface area is 112 Å². The summed E-state index contributed by atoms with van der Waals surface area (Å²) in [5.41, 5.74) is 1.47. The molecule has 0 spiro atoms. The number of hydrogen-bond donors (Lipinski definition) is 1. The molecule has 0 saturated heterocycles. The zero-order valence-electron chi connectivity index (χ0n) is 9.91. The van der Waals surface area contributed by atoms with Gasteiger partial charge in [0, 0.05) is 18.1 Å². The van der Waals surface area contributed by atoms with Crippen molar-refractivity contribution < 1.29 is 0 Å². The average molecular weight is 276 g/mol. The van der Waals surface area contributed by atoms with Crippen molar-refractivity contribution in [3.63, 3.8) is 0 Å². The van der Waals surface area contributed by atoms with Gasteiger partial charge >= 0.3 is 0 Å². The molecule has 0 radical (unpaired) electrons. The van der Waals surface area contributed by atoms with E-state index in [0.717, 1.165) is 12.3 Å². The molecule has 0 aliphatic heterocycles. The fraction of sp³-hybridized carbons (Fsp3) is 0.667. The largest absolute Gasteiger partial charge is 0.316 e. The van der Waals surface area contributed by atoms with Gasteiger partial charge in [0.05, 0.1) is 0 Å². The van der Waals surface area contributed by atoms with E-state index >= 15 is 0 Å². The molecule has 0 bridgehead atoms. The Kier molecular flexibility index (Phi) is 9.47. The predicted octanol–water partition coefficient (Wildman–Crippen LogP) is 3.71. The lowest BCUT2D eigenvalue weighted by Crippen LogP contribution is -2.18. The van der Waals surface area contributed by atoms with Crippen molar-refractivity contribution in [3.8, 4) is 0 Å². The minimum Gasteiger partial charge on any atom is -0.316 e. The van der Waals surface area contributed by atoms with E-state index in [0.29, 0.717) is 0 Å². The highest BCUT2D eigenvalue weighted by Crippen LogP contribution is 2.14. The summed E-state index contributed by atoms with van der Waals surface area (Å²) < 4.78 is 0. The quantitative estimate of drug-likeness (QED) is 0.654. The molecule has 0 atom stereocenters. The van der Waals surface area contributed by atoms with Crippen molar-refractivity contribution in [2.45, 2.75) is 19.1 Å². The molecule has 0 amide bonds. The Morgan fingerprint density at radius 2 is 2.19 bits per heavy atom. The fourth-order valence-electron chi connectivity index (χ4n) is 1.28. The van der Waals surface area contributed by atoms with Gasteiger partial charge < -0.3 is 5.32 Å². The lowest BCUT2D eigenvalue weighted by molar-refractivity contribution is 0.711. The predicted molar refractivity (Wildman–Crippen MR) is 81.0 cm³/mol. The van der Waals surface area contributed by atoms with Gasteiger partial charge in [-0.2, -0.15) is 34.9 Å². The second-order valence-corrected chi connectivity index (χ2v) is 6.76. The van der Waals surface area contributed by atoms with Crippen LogP contribution >= 0.6 is 34.9 Å². The van der Waals surface area contributed by atoms with Crippen LogP contribution in [0.5, 0.6) is 0 Å². The minimum atomic E-state index is 1.14. The number of hydrogen-bond acceptors (Lipinski definition) is 4. The number of thioether (sulfide) groups is 2. The lowest BCUT2D eigenvalue weighted by atomic mass is 10.4. The summed E-state index contributed by atoms with van der Waals surface area (Å²) in [5, 5.41) is 7.88. The zero-order valence-corrected chi connectivity index (χ0v) is 12.4. The first-order valence-electron chi connectivity index (χ1n) is 5.80. The highest BCUT2D eigenvalue weighted by molar-refractivity contribution is 7.99. The van der Waals surface area contributed by atoms with Gasteiger partial charge in [0.1, 0.15) is 0 Å². The van der Waals surface area contributed by atoms with E-state index in [2.05, 4.69) is 29.1 Å². The number of rotatable bonds is 10. The van der Waals surface area contributed by atoms with Crippen molar-refractivity contribution in [1.82, 2.24) is 5.32 Å². The Morgan fingerprint density at radius 1 is 1.25 bits per heavy atom. The SMILES string of the molecule is CCSCCCNCCSCc1ccsc1. The van der Waals surface area contributed by atoms with Crippen molar-refractivity contribution >= 4 is 34.9 Å². The zero-order chi connectivity index (χ0) is 11.5. The molecule has 1 heterocycles. The minimum absolute atomic E-state index is 1.14. The van der Waals surface area contributed by atoms with Gasteiger partial charge in [-0.05, 0) is 46.9 Å². The molecule has 1 N–H and O–H groups in total. The van der Waals surface area contributed by atoms with E-state index in [4.69, 9.17) is 0 Å². The van der Waals surface area contributed by atoms with Crippen LogP contribution in [0.3, 0.4) is 0 Å². The first kappa shape index (κ1) is 14.4. The highest BCUT2D eigenvalue weighted by Gasteiger charge is 1.93. The van der Waals surface area contributed by atoms with Gasteiger partial charge in [0.15, 0.2) is 0 Å². The summed E-state index contributed by atoms with van der Waals surface area (Å²) in [7, 11) is 0. The maximum atomic E-state index is 3.49. The van der Waals surface area contributed by atoms with Gasteiger partial charge in [-0.1, -0.05) is 6.92 Å². The molecular formula is C12H21NS3. The summed E-state index contributed by atoms with van der Waals surface area (Å²) in [5.74, 6) is 4.93.